The standard InChI is InChI=1S/C21H20N2O4/c1-12-9-10-15(11-13(12)2)19(24)14(3)27-21(26)18-16-7-5-6-8-17(16)20(25)23(4)22-18/h5-11,14H,1-4H3/t14-/m0/s1. The topological polar surface area (TPSA) is 78.3 Å². The number of rotatable bonds is 4. The van der Waals surface area contributed by atoms with Gasteiger partial charge in [-0.2, -0.15) is 5.10 Å². The van der Waals surface area contributed by atoms with Crippen LogP contribution in [-0.4, -0.2) is 27.6 Å². The zero-order valence-corrected chi connectivity index (χ0v) is 15.6. The third-order valence-corrected chi connectivity index (χ3v) is 4.59. The van der Waals surface area contributed by atoms with E-state index in [0.29, 0.717) is 16.3 Å². The van der Waals surface area contributed by atoms with Gasteiger partial charge in [0.1, 0.15) is 0 Å². The molecule has 6 nitrogen and oxygen atoms in total. The Morgan fingerprint density at radius 1 is 1.04 bits per heavy atom. The van der Waals surface area contributed by atoms with Crippen molar-refractivity contribution in [3.05, 3.63) is 75.2 Å². The van der Waals surface area contributed by atoms with Crippen molar-refractivity contribution in [2.45, 2.75) is 26.9 Å². The van der Waals surface area contributed by atoms with Crippen LogP contribution >= 0.6 is 0 Å². The Morgan fingerprint density at radius 3 is 2.37 bits per heavy atom. The van der Waals surface area contributed by atoms with E-state index in [1.54, 1.807) is 36.4 Å². The molecule has 3 rings (SSSR count). The van der Waals surface area contributed by atoms with Crippen LogP contribution in [0.25, 0.3) is 10.8 Å². The normalized spacial score (nSPS) is 12.0. The molecule has 3 aromatic rings. The number of carbonyl (C=O) groups is 2. The van der Waals surface area contributed by atoms with Gasteiger partial charge in [-0.3, -0.25) is 9.59 Å². The highest BCUT2D eigenvalue weighted by Gasteiger charge is 2.24. The van der Waals surface area contributed by atoms with Crippen LogP contribution in [0.2, 0.25) is 0 Å². The van der Waals surface area contributed by atoms with Crippen molar-refractivity contribution in [1.29, 1.82) is 0 Å². The lowest BCUT2D eigenvalue weighted by atomic mass is 10.0. The van der Waals surface area contributed by atoms with Gasteiger partial charge in [0.25, 0.3) is 5.56 Å². The highest BCUT2D eigenvalue weighted by atomic mass is 16.5. The lowest BCUT2D eigenvalue weighted by Gasteiger charge is -2.14. The molecule has 0 spiro atoms. The first-order valence-corrected chi connectivity index (χ1v) is 8.58. The number of Topliss-reactive ketones (excluding diaryl/α,β-unsaturated/α-hetero) is 1. The molecule has 0 fully saturated rings. The molecule has 0 aliphatic carbocycles. The second kappa shape index (κ2) is 7.15. The average Bonchev–Trinajstić information content (AvgIpc) is 2.66. The fraction of sp³-hybridized carbons (Fsp3) is 0.238. The van der Waals surface area contributed by atoms with Crippen molar-refractivity contribution in [2.75, 3.05) is 0 Å². The van der Waals surface area contributed by atoms with E-state index >= 15 is 0 Å². The van der Waals surface area contributed by atoms with Crippen LogP contribution in [0.4, 0.5) is 0 Å². The van der Waals surface area contributed by atoms with Crippen molar-refractivity contribution in [1.82, 2.24) is 9.78 Å². The fourth-order valence-corrected chi connectivity index (χ4v) is 2.85. The SMILES string of the molecule is Cc1ccc(C(=O)[C@H](C)OC(=O)c2nn(C)c(=O)c3ccccc23)cc1C. The van der Waals surface area contributed by atoms with E-state index in [1.165, 1.54) is 14.0 Å². The summed E-state index contributed by atoms with van der Waals surface area (Å²) >= 11 is 0. The maximum atomic E-state index is 12.6. The summed E-state index contributed by atoms with van der Waals surface area (Å²) in [5.41, 5.74) is 2.26. The molecule has 1 atom stereocenters. The van der Waals surface area contributed by atoms with Gasteiger partial charge in [0.15, 0.2) is 11.8 Å². The van der Waals surface area contributed by atoms with Crippen molar-refractivity contribution in [3.8, 4) is 0 Å². The Bertz CT molecular complexity index is 1110. The van der Waals surface area contributed by atoms with Gasteiger partial charge >= 0.3 is 5.97 Å². The number of nitrogens with zero attached hydrogens (tertiary/aromatic N) is 2. The lowest BCUT2D eigenvalue weighted by molar-refractivity contribution is 0.0313. The number of ether oxygens (including phenoxy) is 1. The molecule has 0 radical (unpaired) electrons. The van der Waals surface area contributed by atoms with Gasteiger partial charge in [-0.05, 0) is 44.0 Å². The Hall–Kier alpha value is -3.28. The van der Waals surface area contributed by atoms with Crippen molar-refractivity contribution >= 4 is 22.5 Å². The number of fused-ring (bicyclic) bond motifs is 1. The minimum atomic E-state index is -0.975. The molecule has 0 bridgehead atoms. The number of aryl methyl sites for hydroxylation is 3. The Morgan fingerprint density at radius 2 is 1.70 bits per heavy atom. The molecule has 6 heteroatoms. The van der Waals surface area contributed by atoms with E-state index in [0.717, 1.165) is 15.8 Å². The number of carbonyl (C=O) groups excluding carboxylic acids is 2. The fourth-order valence-electron chi connectivity index (χ4n) is 2.85. The minimum Gasteiger partial charge on any atom is -0.449 e. The molecule has 0 aliphatic heterocycles. The second-order valence-electron chi connectivity index (χ2n) is 6.53. The number of esters is 1. The average molecular weight is 364 g/mol. The highest BCUT2D eigenvalue weighted by molar-refractivity contribution is 6.05. The van der Waals surface area contributed by atoms with Crippen LogP contribution in [0.3, 0.4) is 0 Å². The van der Waals surface area contributed by atoms with Gasteiger partial charge in [-0.15, -0.1) is 0 Å². The molecule has 2 aromatic carbocycles. The smallest absolute Gasteiger partial charge is 0.360 e. The lowest BCUT2D eigenvalue weighted by Crippen LogP contribution is -2.28. The predicted molar refractivity (Wildman–Crippen MR) is 102 cm³/mol. The number of benzene rings is 2. The summed E-state index contributed by atoms with van der Waals surface area (Å²) < 4.78 is 6.45. The van der Waals surface area contributed by atoms with Crippen LogP contribution in [0.15, 0.2) is 47.3 Å². The van der Waals surface area contributed by atoms with Crippen molar-refractivity contribution in [2.24, 2.45) is 7.05 Å². The molecular formula is C21H20N2O4. The summed E-state index contributed by atoms with van der Waals surface area (Å²) in [5.74, 6) is -1.04. The Kier molecular flexibility index (Phi) is 4.90. The minimum absolute atomic E-state index is 0.00689. The molecular weight excluding hydrogens is 344 g/mol. The Balaban J connectivity index is 1.90. The summed E-state index contributed by atoms with van der Waals surface area (Å²) in [5, 5.41) is 4.80. The summed E-state index contributed by atoms with van der Waals surface area (Å²) in [6, 6.07) is 12.0. The molecule has 0 saturated heterocycles. The van der Waals surface area contributed by atoms with Crippen LogP contribution in [0.5, 0.6) is 0 Å². The molecule has 1 aromatic heterocycles. The van der Waals surface area contributed by atoms with E-state index in [-0.39, 0.29) is 17.0 Å². The van der Waals surface area contributed by atoms with E-state index in [9.17, 15) is 14.4 Å². The third-order valence-electron chi connectivity index (χ3n) is 4.59. The predicted octanol–water partition coefficient (Wildman–Crippen LogP) is 2.98. The number of ketones is 1. The van der Waals surface area contributed by atoms with E-state index in [2.05, 4.69) is 5.10 Å². The van der Waals surface area contributed by atoms with Gasteiger partial charge in [-0.25, -0.2) is 9.48 Å². The highest BCUT2D eigenvalue weighted by Crippen LogP contribution is 2.17. The quantitative estimate of drug-likeness (QED) is 0.525. The van der Waals surface area contributed by atoms with Crippen molar-refractivity contribution in [3.63, 3.8) is 0 Å². The number of hydrogen-bond acceptors (Lipinski definition) is 5. The molecule has 1 heterocycles. The van der Waals surface area contributed by atoms with Gasteiger partial charge < -0.3 is 4.74 Å². The first-order valence-electron chi connectivity index (χ1n) is 8.58. The zero-order valence-electron chi connectivity index (χ0n) is 15.6. The molecule has 0 aliphatic rings. The molecule has 0 N–H and O–H groups in total. The molecule has 0 unspecified atom stereocenters. The van der Waals surface area contributed by atoms with Crippen LogP contribution in [0, 0.1) is 13.8 Å². The first kappa shape index (κ1) is 18.5. The summed E-state index contributed by atoms with van der Waals surface area (Å²) in [6.45, 7) is 5.41. The maximum absolute atomic E-state index is 12.6. The number of aromatic nitrogens is 2. The molecule has 0 saturated carbocycles. The van der Waals surface area contributed by atoms with Crippen LogP contribution < -0.4 is 5.56 Å². The van der Waals surface area contributed by atoms with Gasteiger partial charge in [0.2, 0.25) is 5.78 Å². The third kappa shape index (κ3) is 3.51. The Labute approximate surface area is 156 Å². The monoisotopic (exact) mass is 364 g/mol. The van der Waals surface area contributed by atoms with Gasteiger partial charge in [0.05, 0.1) is 5.39 Å². The van der Waals surface area contributed by atoms with Crippen molar-refractivity contribution < 1.29 is 14.3 Å². The maximum Gasteiger partial charge on any atom is 0.360 e. The molecule has 27 heavy (non-hydrogen) atoms. The van der Waals surface area contributed by atoms with Gasteiger partial charge in [0, 0.05) is 18.0 Å². The van der Waals surface area contributed by atoms with Crippen LogP contribution in [-0.2, 0) is 11.8 Å². The van der Waals surface area contributed by atoms with E-state index in [4.69, 9.17) is 4.74 Å². The number of hydrogen-bond donors (Lipinski definition) is 0. The summed E-state index contributed by atoms with van der Waals surface area (Å²) in [4.78, 5) is 37.4. The second-order valence-corrected chi connectivity index (χ2v) is 6.53. The zero-order chi connectivity index (χ0) is 19.7. The largest absolute Gasteiger partial charge is 0.449 e. The molecule has 138 valence electrons. The van der Waals surface area contributed by atoms with Gasteiger partial charge in [-0.1, -0.05) is 30.3 Å². The van der Waals surface area contributed by atoms with E-state index < -0.39 is 12.1 Å². The van der Waals surface area contributed by atoms with Crippen LogP contribution in [0.1, 0.15) is 38.9 Å². The first-order chi connectivity index (χ1) is 12.8. The van der Waals surface area contributed by atoms with E-state index in [1.807, 2.05) is 19.9 Å². The molecule has 0 amide bonds. The summed E-state index contributed by atoms with van der Waals surface area (Å²) in [6.07, 6.45) is -0.975. The summed E-state index contributed by atoms with van der Waals surface area (Å²) in [7, 11) is 1.47.